The van der Waals surface area contributed by atoms with Gasteiger partial charge in [0.2, 0.25) is 0 Å². The predicted molar refractivity (Wildman–Crippen MR) is 105 cm³/mol. The van der Waals surface area contributed by atoms with Crippen molar-refractivity contribution in [3.8, 4) is 16.8 Å². The van der Waals surface area contributed by atoms with Gasteiger partial charge in [0.05, 0.1) is 11.3 Å². The fraction of sp³-hybridized carbons (Fsp3) is 0.190. The Labute approximate surface area is 158 Å². The number of carboxylic acids is 1. The molecular weight excluding hydrogens is 362 g/mol. The van der Waals surface area contributed by atoms with E-state index < -0.39 is 15.8 Å². The zero-order valence-electron chi connectivity index (χ0n) is 15.4. The molecule has 0 aliphatic rings. The summed E-state index contributed by atoms with van der Waals surface area (Å²) in [5.74, 6) is -0.908. The fourth-order valence-electron chi connectivity index (χ4n) is 3.06. The number of benzene rings is 2. The van der Waals surface area contributed by atoms with Crippen LogP contribution in [0.1, 0.15) is 16.7 Å². The number of hydrogen-bond acceptors (Lipinski definition) is 3. The molecule has 0 aliphatic carbocycles. The molecule has 3 aromatic rings. The molecule has 1 aromatic heterocycles. The highest BCUT2D eigenvalue weighted by Crippen LogP contribution is 2.32. The van der Waals surface area contributed by atoms with Crippen LogP contribution in [0, 0.1) is 13.8 Å². The highest BCUT2D eigenvalue weighted by Gasteiger charge is 2.16. The van der Waals surface area contributed by atoms with Gasteiger partial charge in [-0.05, 0) is 54.3 Å². The lowest BCUT2D eigenvalue weighted by molar-refractivity contribution is -0.136. The van der Waals surface area contributed by atoms with E-state index in [1.165, 1.54) is 6.26 Å². The normalized spacial score (nSPS) is 11.5. The molecule has 5 nitrogen and oxygen atoms in total. The van der Waals surface area contributed by atoms with Crippen LogP contribution in [0.5, 0.6) is 0 Å². The largest absolute Gasteiger partial charge is 0.481 e. The van der Waals surface area contributed by atoms with Gasteiger partial charge in [0.25, 0.3) is 0 Å². The zero-order valence-corrected chi connectivity index (χ0v) is 16.2. The quantitative estimate of drug-likeness (QED) is 0.727. The van der Waals surface area contributed by atoms with E-state index >= 15 is 0 Å². The van der Waals surface area contributed by atoms with Crippen molar-refractivity contribution in [1.29, 1.82) is 0 Å². The van der Waals surface area contributed by atoms with Crippen molar-refractivity contribution in [2.24, 2.45) is 0 Å². The highest BCUT2D eigenvalue weighted by atomic mass is 32.2. The second kappa shape index (κ2) is 7.04. The average molecular weight is 383 g/mol. The summed E-state index contributed by atoms with van der Waals surface area (Å²) in [6, 6.07) is 13.0. The number of carboxylic acid groups (broad SMARTS) is 1. The average Bonchev–Trinajstić information content (AvgIpc) is 3.02. The molecule has 1 heterocycles. The molecule has 0 aliphatic heterocycles. The van der Waals surface area contributed by atoms with Gasteiger partial charge in [0, 0.05) is 24.3 Å². The minimum atomic E-state index is -3.41. The monoisotopic (exact) mass is 383 g/mol. The van der Waals surface area contributed by atoms with E-state index in [-0.39, 0.29) is 11.3 Å². The molecule has 6 heteroatoms. The van der Waals surface area contributed by atoms with Crippen molar-refractivity contribution in [3.05, 3.63) is 71.5 Å². The van der Waals surface area contributed by atoms with Crippen molar-refractivity contribution in [2.75, 3.05) is 6.26 Å². The highest BCUT2D eigenvalue weighted by molar-refractivity contribution is 7.90. The summed E-state index contributed by atoms with van der Waals surface area (Å²) >= 11 is 0. The van der Waals surface area contributed by atoms with Crippen LogP contribution >= 0.6 is 0 Å². The topological polar surface area (TPSA) is 76.4 Å². The minimum absolute atomic E-state index is 0.0807. The number of aryl methyl sites for hydroxylation is 1. The molecule has 0 bridgehead atoms. The van der Waals surface area contributed by atoms with E-state index in [2.05, 4.69) is 0 Å². The van der Waals surface area contributed by atoms with E-state index in [9.17, 15) is 13.2 Å². The predicted octanol–water partition coefficient (Wildman–Crippen LogP) is 3.79. The van der Waals surface area contributed by atoms with Crippen LogP contribution < -0.4 is 0 Å². The number of nitrogens with zero attached hydrogens (tertiary/aromatic N) is 1. The van der Waals surface area contributed by atoms with Crippen molar-refractivity contribution >= 4 is 15.8 Å². The molecule has 0 amide bonds. The van der Waals surface area contributed by atoms with Gasteiger partial charge in [-0.2, -0.15) is 0 Å². The number of sulfone groups is 1. The Morgan fingerprint density at radius 3 is 2.33 bits per heavy atom. The van der Waals surface area contributed by atoms with Gasteiger partial charge in [0.1, 0.15) is 0 Å². The number of aromatic nitrogens is 1. The van der Waals surface area contributed by atoms with E-state index in [0.717, 1.165) is 22.3 Å². The van der Waals surface area contributed by atoms with E-state index in [1.54, 1.807) is 35.2 Å². The van der Waals surface area contributed by atoms with Crippen molar-refractivity contribution in [2.45, 2.75) is 25.2 Å². The third-order valence-electron chi connectivity index (χ3n) is 4.53. The van der Waals surface area contributed by atoms with Gasteiger partial charge >= 0.3 is 5.97 Å². The van der Waals surface area contributed by atoms with Gasteiger partial charge in [-0.1, -0.05) is 29.8 Å². The maximum absolute atomic E-state index is 12.2. The molecule has 0 saturated carbocycles. The Balaban J connectivity index is 2.21. The molecule has 0 radical (unpaired) electrons. The summed E-state index contributed by atoms with van der Waals surface area (Å²) in [6.07, 6.45) is 4.58. The summed E-state index contributed by atoms with van der Waals surface area (Å²) in [5.41, 5.74) is 5.18. The number of carbonyl (C=O) groups is 1. The van der Waals surface area contributed by atoms with Gasteiger partial charge in [0.15, 0.2) is 9.84 Å². The third-order valence-corrected chi connectivity index (χ3v) is 5.62. The van der Waals surface area contributed by atoms with Crippen LogP contribution in [-0.4, -0.2) is 30.3 Å². The van der Waals surface area contributed by atoms with Gasteiger partial charge in [-0.15, -0.1) is 0 Å². The fourth-order valence-corrected chi connectivity index (χ4v) is 3.72. The first-order valence-corrected chi connectivity index (χ1v) is 10.3. The first-order chi connectivity index (χ1) is 12.6. The summed E-state index contributed by atoms with van der Waals surface area (Å²) < 4.78 is 26.2. The molecule has 140 valence electrons. The molecule has 1 N–H and O–H groups in total. The maximum Gasteiger partial charge on any atom is 0.307 e. The molecule has 0 spiro atoms. The molecule has 0 fully saturated rings. The van der Waals surface area contributed by atoms with Crippen molar-refractivity contribution in [3.63, 3.8) is 0 Å². The Hall–Kier alpha value is -2.86. The Morgan fingerprint density at radius 2 is 1.74 bits per heavy atom. The van der Waals surface area contributed by atoms with Crippen LogP contribution in [0.3, 0.4) is 0 Å². The molecular formula is C21H21NO4S. The standard InChI is InChI=1S/C21H21NO4S/c1-14-4-6-17(7-5-14)19-11-18(27(3,25)26)12-20(15(19)2)22-9-8-16(13-22)10-21(23)24/h4-9,11-13H,10H2,1-3H3,(H,23,24). The summed E-state index contributed by atoms with van der Waals surface area (Å²) in [5, 5.41) is 8.98. The van der Waals surface area contributed by atoms with Gasteiger partial charge in [-0.25, -0.2) is 8.42 Å². The zero-order chi connectivity index (χ0) is 19.8. The first kappa shape index (κ1) is 18.9. The lowest BCUT2D eigenvalue weighted by Crippen LogP contribution is -2.04. The van der Waals surface area contributed by atoms with Crippen LogP contribution in [0.25, 0.3) is 16.8 Å². The second-order valence-corrected chi connectivity index (χ2v) is 8.77. The lowest BCUT2D eigenvalue weighted by atomic mass is 9.98. The third kappa shape index (κ3) is 4.11. The molecule has 2 aromatic carbocycles. The van der Waals surface area contributed by atoms with Crippen molar-refractivity contribution in [1.82, 2.24) is 4.57 Å². The smallest absolute Gasteiger partial charge is 0.307 e. The summed E-state index contributed by atoms with van der Waals surface area (Å²) in [4.78, 5) is 11.2. The van der Waals surface area contributed by atoms with Crippen molar-refractivity contribution < 1.29 is 18.3 Å². The van der Waals surface area contributed by atoms with Crippen LogP contribution in [0.2, 0.25) is 0 Å². The summed E-state index contributed by atoms with van der Waals surface area (Å²) in [7, 11) is -3.41. The maximum atomic E-state index is 12.2. The molecule has 0 atom stereocenters. The molecule has 0 unspecified atom stereocenters. The van der Waals surface area contributed by atoms with E-state index in [1.807, 2.05) is 38.1 Å². The van der Waals surface area contributed by atoms with Gasteiger partial charge in [-0.3, -0.25) is 4.79 Å². The number of rotatable bonds is 5. The first-order valence-electron chi connectivity index (χ1n) is 8.46. The van der Waals surface area contributed by atoms with E-state index in [4.69, 9.17) is 5.11 Å². The lowest BCUT2D eigenvalue weighted by Gasteiger charge is -2.15. The van der Waals surface area contributed by atoms with E-state index in [0.29, 0.717) is 11.3 Å². The molecule has 27 heavy (non-hydrogen) atoms. The SMILES string of the molecule is Cc1ccc(-c2cc(S(C)(=O)=O)cc(-n3ccc(CC(=O)O)c3)c2C)cc1. The molecule has 0 saturated heterocycles. The summed E-state index contributed by atoms with van der Waals surface area (Å²) in [6.45, 7) is 3.94. The Bertz CT molecular complexity index is 1110. The number of hydrogen-bond donors (Lipinski definition) is 1. The second-order valence-electron chi connectivity index (χ2n) is 6.75. The van der Waals surface area contributed by atoms with Crippen LogP contribution in [0.4, 0.5) is 0 Å². The van der Waals surface area contributed by atoms with Crippen LogP contribution in [-0.2, 0) is 21.1 Å². The van der Waals surface area contributed by atoms with Crippen LogP contribution in [0.15, 0.2) is 59.8 Å². The Kier molecular flexibility index (Phi) is 4.93. The molecule has 3 rings (SSSR count). The van der Waals surface area contributed by atoms with Gasteiger partial charge < -0.3 is 9.67 Å². The number of aliphatic carboxylic acids is 1. The Morgan fingerprint density at radius 1 is 1.07 bits per heavy atom. The minimum Gasteiger partial charge on any atom is -0.481 e.